The number of phenolic OH excluding ortho intramolecular Hbond substituents is 2. The summed E-state index contributed by atoms with van der Waals surface area (Å²) in [6.45, 7) is 14.3. The van der Waals surface area contributed by atoms with Crippen LogP contribution in [0.2, 0.25) is 0 Å². The molecule has 0 aromatic heterocycles. The number of ketones is 1. The van der Waals surface area contributed by atoms with Crippen molar-refractivity contribution in [3.8, 4) is 11.5 Å². The molecule has 4 aliphatic carbocycles. The van der Waals surface area contributed by atoms with Crippen molar-refractivity contribution in [1.29, 1.82) is 0 Å². The molecule has 0 unspecified atom stereocenters. The number of benzene rings is 2. The van der Waals surface area contributed by atoms with Crippen LogP contribution in [0.25, 0.3) is 0 Å². The Morgan fingerprint density at radius 1 is 0.729 bits per heavy atom. The topological polar surface area (TPSA) is 57.5 Å². The maximum atomic E-state index is 12.3. The minimum atomic E-state index is 0.243. The standard InChI is InChI=1S/C23H34OS2.C20H28O2/c1-16(2)5-6-18-14-23(25-11-4-12-26-23)15-21-20-8-7-19(24)13-17(20)9-10-22(18,21)3;1-13(2)4-5-15-11-17(22)12-19-18-7-6-16(21)10-14(18)8-9-20(15,19)3/h7-8,13,16,18,21,24H,4-6,9-12,14-15H2,1-3H3;6-7,10,13,15,19,21H,4-5,8-9,11-12H2,1-3H3/t18-,21+,22-;15-,19+,20-/m00/s1. The summed E-state index contributed by atoms with van der Waals surface area (Å²) in [6, 6.07) is 12.0. The Labute approximate surface area is 300 Å². The van der Waals surface area contributed by atoms with Crippen LogP contribution in [0.3, 0.4) is 0 Å². The molecule has 1 aliphatic heterocycles. The highest BCUT2D eigenvalue weighted by molar-refractivity contribution is 8.18. The molecular weight excluding hydrogens is 629 g/mol. The second-order valence-corrected chi connectivity index (χ2v) is 20.8. The quantitative estimate of drug-likeness (QED) is 0.316. The Bertz CT molecular complexity index is 1440. The highest BCUT2D eigenvalue weighted by atomic mass is 32.2. The van der Waals surface area contributed by atoms with Crippen molar-refractivity contribution in [2.45, 2.75) is 141 Å². The van der Waals surface area contributed by atoms with Crippen molar-refractivity contribution in [1.82, 2.24) is 0 Å². The van der Waals surface area contributed by atoms with Crippen molar-refractivity contribution in [3.05, 3.63) is 58.7 Å². The fourth-order valence-corrected chi connectivity index (χ4v) is 14.0. The van der Waals surface area contributed by atoms with Gasteiger partial charge in [-0.15, -0.1) is 23.5 Å². The van der Waals surface area contributed by atoms with Gasteiger partial charge in [0, 0.05) is 12.8 Å². The van der Waals surface area contributed by atoms with Gasteiger partial charge in [0.05, 0.1) is 4.08 Å². The van der Waals surface area contributed by atoms with Crippen molar-refractivity contribution >= 4 is 29.3 Å². The Morgan fingerprint density at radius 3 is 1.81 bits per heavy atom. The van der Waals surface area contributed by atoms with E-state index in [1.165, 1.54) is 79.6 Å². The third-order valence-electron chi connectivity index (χ3n) is 13.5. The first-order valence-corrected chi connectivity index (χ1v) is 21.2. The first kappa shape index (κ1) is 36.2. The molecule has 2 N–H and O–H groups in total. The lowest BCUT2D eigenvalue weighted by molar-refractivity contribution is -0.126. The third-order valence-corrected chi connectivity index (χ3v) is 16.9. The average Bonchev–Trinajstić information content (AvgIpc) is 3.04. The van der Waals surface area contributed by atoms with E-state index in [0.29, 0.717) is 56.9 Å². The first-order chi connectivity index (χ1) is 22.8. The van der Waals surface area contributed by atoms with E-state index in [9.17, 15) is 15.0 Å². The summed E-state index contributed by atoms with van der Waals surface area (Å²) in [4.78, 5) is 12.3. The van der Waals surface area contributed by atoms with E-state index in [2.05, 4.69) is 77.2 Å². The predicted octanol–water partition coefficient (Wildman–Crippen LogP) is 11.7. The molecule has 2 aromatic rings. The van der Waals surface area contributed by atoms with Gasteiger partial charge in [-0.05, 0) is 162 Å². The zero-order valence-electron chi connectivity index (χ0n) is 30.7. The molecular formula is C43H62O3S2. The van der Waals surface area contributed by atoms with Gasteiger partial charge in [0.25, 0.3) is 0 Å². The predicted molar refractivity (Wildman–Crippen MR) is 205 cm³/mol. The molecule has 1 saturated heterocycles. The zero-order chi connectivity index (χ0) is 34.3. The van der Waals surface area contributed by atoms with Crippen molar-refractivity contribution in [2.75, 3.05) is 11.5 Å². The van der Waals surface area contributed by atoms with Crippen LogP contribution in [0.4, 0.5) is 0 Å². The van der Waals surface area contributed by atoms with Crippen LogP contribution in [-0.4, -0.2) is 31.6 Å². The molecule has 5 aliphatic rings. The number of hydrogen-bond donors (Lipinski definition) is 2. The minimum absolute atomic E-state index is 0.243. The van der Waals surface area contributed by atoms with Crippen LogP contribution in [0.5, 0.6) is 11.5 Å². The van der Waals surface area contributed by atoms with Crippen LogP contribution in [0, 0.1) is 34.5 Å². The van der Waals surface area contributed by atoms with Crippen LogP contribution in [0.15, 0.2) is 36.4 Å². The number of Topliss-reactive ketones (excluding diaryl/α,β-unsaturated/α-hetero) is 1. The number of aryl methyl sites for hydroxylation is 2. The Morgan fingerprint density at radius 2 is 1.25 bits per heavy atom. The summed E-state index contributed by atoms with van der Waals surface area (Å²) in [6.07, 6.45) is 15.3. The van der Waals surface area contributed by atoms with Gasteiger partial charge < -0.3 is 10.2 Å². The van der Waals surface area contributed by atoms with Gasteiger partial charge in [-0.1, -0.05) is 66.5 Å². The van der Waals surface area contributed by atoms with Gasteiger partial charge in [0.1, 0.15) is 17.3 Å². The van der Waals surface area contributed by atoms with Crippen molar-refractivity contribution in [2.24, 2.45) is 34.5 Å². The van der Waals surface area contributed by atoms with E-state index in [1.54, 1.807) is 11.6 Å². The number of hydrogen-bond acceptors (Lipinski definition) is 5. The molecule has 2 aromatic carbocycles. The number of rotatable bonds is 6. The summed E-state index contributed by atoms with van der Waals surface area (Å²) in [5, 5.41) is 19.7. The second-order valence-electron chi connectivity index (χ2n) is 17.5. The summed E-state index contributed by atoms with van der Waals surface area (Å²) < 4.78 is 0.441. The molecule has 5 heteroatoms. The molecule has 0 bridgehead atoms. The zero-order valence-corrected chi connectivity index (χ0v) is 32.3. The summed E-state index contributed by atoms with van der Waals surface area (Å²) in [5.41, 5.74) is 6.21. The molecule has 264 valence electrons. The fraction of sp³-hybridized carbons (Fsp3) is 0.698. The summed E-state index contributed by atoms with van der Waals surface area (Å²) >= 11 is 4.54. The molecule has 48 heavy (non-hydrogen) atoms. The highest BCUT2D eigenvalue weighted by Gasteiger charge is 2.55. The maximum absolute atomic E-state index is 12.3. The molecule has 0 radical (unpaired) electrons. The van der Waals surface area contributed by atoms with Gasteiger partial charge in [-0.2, -0.15) is 0 Å². The third kappa shape index (κ3) is 7.39. The Kier molecular flexibility index (Phi) is 11.0. The van der Waals surface area contributed by atoms with Crippen LogP contribution < -0.4 is 0 Å². The van der Waals surface area contributed by atoms with E-state index in [4.69, 9.17) is 0 Å². The molecule has 0 amide bonds. The first-order valence-electron chi connectivity index (χ1n) is 19.2. The van der Waals surface area contributed by atoms with Gasteiger partial charge in [-0.25, -0.2) is 0 Å². The van der Waals surface area contributed by atoms with Crippen LogP contribution >= 0.6 is 23.5 Å². The van der Waals surface area contributed by atoms with E-state index in [0.717, 1.165) is 37.5 Å². The molecule has 7 rings (SSSR count). The van der Waals surface area contributed by atoms with Crippen LogP contribution in [-0.2, 0) is 17.6 Å². The minimum Gasteiger partial charge on any atom is -0.508 e. The Hall–Kier alpha value is -1.59. The smallest absolute Gasteiger partial charge is 0.133 e. The summed E-state index contributed by atoms with van der Waals surface area (Å²) in [7, 11) is 0. The summed E-state index contributed by atoms with van der Waals surface area (Å²) in [5.74, 6) is 7.76. The largest absolute Gasteiger partial charge is 0.508 e. The fourth-order valence-electron chi connectivity index (χ4n) is 10.4. The molecule has 1 heterocycles. The SMILES string of the molecule is CC(C)CC[C@H]1CC(=O)C[C@@H]2c3ccc(O)cc3CC[C@@]12C.CC(C)CC[C@H]1CC2(C[C@@H]3c4ccc(O)cc4CC[C@@]13C)SCCCS2. The van der Waals surface area contributed by atoms with Gasteiger partial charge >= 0.3 is 0 Å². The van der Waals surface area contributed by atoms with Crippen molar-refractivity contribution < 1.29 is 15.0 Å². The molecule has 2 saturated carbocycles. The number of aromatic hydroxyl groups is 2. The van der Waals surface area contributed by atoms with Gasteiger partial charge in [0.2, 0.25) is 0 Å². The number of fused-ring (bicyclic) bond motifs is 6. The van der Waals surface area contributed by atoms with E-state index >= 15 is 0 Å². The average molecular weight is 691 g/mol. The number of carbonyl (C=O) groups is 1. The van der Waals surface area contributed by atoms with E-state index in [-0.39, 0.29) is 5.41 Å². The lowest BCUT2D eigenvalue weighted by Crippen LogP contribution is -2.49. The van der Waals surface area contributed by atoms with E-state index in [1.807, 2.05) is 18.2 Å². The highest BCUT2D eigenvalue weighted by Crippen LogP contribution is 2.66. The van der Waals surface area contributed by atoms with E-state index < -0.39 is 0 Å². The van der Waals surface area contributed by atoms with Gasteiger partial charge in [-0.3, -0.25) is 4.79 Å². The number of thioether (sulfide) groups is 2. The molecule has 3 nitrogen and oxygen atoms in total. The second kappa shape index (κ2) is 14.6. The normalized spacial score (nSPS) is 32.1. The maximum Gasteiger partial charge on any atom is 0.133 e. The monoisotopic (exact) mass is 690 g/mol. The lowest BCUT2D eigenvalue weighted by atomic mass is 9.53. The van der Waals surface area contributed by atoms with Crippen LogP contribution in [0.1, 0.15) is 146 Å². The number of phenols is 2. The lowest BCUT2D eigenvalue weighted by Gasteiger charge is -2.58. The Balaban J connectivity index is 0.000000170. The van der Waals surface area contributed by atoms with Gasteiger partial charge in [0.15, 0.2) is 0 Å². The van der Waals surface area contributed by atoms with Crippen molar-refractivity contribution in [3.63, 3.8) is 0 Å². The molecule has 6 atom stereocenters. The molecule has 3 fully saturated rings. The molecule has 1 spiro atoms. The number of carbonyl (C=O) groups excluding carboxylic acids is 1.